The summed E-state index contributed by atoms with van der Waals surface area (Å²) in [5, 5.41) is 1.33. The van der Waals surface area contributed by atoms with E-state index in [2.05, 4.69) is 4.72 Å². The number of sulfonamides is 1. The van der Waals surface area contributed by atoms with Crippen LogP contribution in [0.25, 0.3) is 10.8 Å². The Balaban J connectivity index is 1.37. The van der Waals surface area contributed by atoms with Crippen LogP contribution in [0.5, 0.6) is 11.5 Å². The number of nitrogens with zero attached hydrogens (tertiary/aromatic N) is 1. The number of ether oxygens (including phenoxy) is 2. The molecular weight excluding hydrogens is 556 g/mol. The number of fused-ring (bicyclic) bond motifs is 2. The van der Waals surface area contributed by atoms with Crippen LogP contribution in [0, 0.1) is 0 Å². The van der Waals surface area contributed by atoms with Gasteiger partial charge < -0.3 is 9.47 Å². The molecule has 10 heteroatoms. The van der Waals surface area contributed by atoms with Crippen LogP contribution in [0.3, 0.4) is 0 Å². The quantitative estimate of drug-likeness (QED) is 0.245. The largest absolute Gasteiger partial charge is 0.492 e. The molecule has 1 N–H and O–H groups in total. The van der Waals surface area contributed by atoms with Gasteiger partial charge in [0.2, 0.25) is 15.9 Å². The summed E-state index contributed by atoms with van der Waals surface area (Å²) in [6.07, 6.45) is 0.452. The third-order valence-electron chi connectivity index (χ3n) is 6.84. The average molecular weight is 587 g/mol. The van der Waals surface area contributed by atoms with E-state index in [1.54, 1.807) is 13.8 Å². The summed E-state index contributed by atoms with van der Waals surface area (Å²) in [4.78, 5) is 40.8. The van der Waals surface area contributed by atoms with Gasteiger partial charge in [0.15, 0.2) is 0 Å². The summed E-state index contributed by atoms with van der Waals surface area (Å²) in [6, 6.07) is 22.6. The molecule has 0 unspecified atom stereocenters. The molecule has 1 aliphatic heterocycles. The smallest absolute Gasteiger partial charge is 0.270 e. The van der Waals surface area contributed by atoms with Crippen molar-refractivity contribution in [2.75, 3.05) is 18.1 Å². The molecule has 216 valence electrons. The van der Waals surface area contributed by atoms with Gasteiger partial charge in [-0.05, 0) is 43.5 Å². The SMILES string of the molecule is CCOc1c2c(c(OCC)c3ccccc13)C(=O)N(c1ccc(CS(=O)(=O)NC(=O)CCc3ccccc3)cc1)C2=O. The number of imide groups is 1. The van der Waals surface area contributed by atoms with E-state index < -0.39 is 33.5 Å². The van der Waals surface area contributed by atoms with E-state index in [0.717, 1.165) is 10.5 Å². The number of hydrogen-bond donors (Lipinski definition) is 1. The van der Waals surface area contributed by atoms with E-state index in [1.807, 2.05) is 54.6 Å². The van der Waals surface area contributed by atoms with Crippen LogP contribution < -0.4 is 19.1 Å². The molecule has 0 radical (unpaired) electrons. The van der Waals surface area contributed by atoms with Crippen molar-refractivity contribution in [3.05, 3.63) is 101 Å². The Morgan fingerprint density at radius 1 is 0.738 bits per heavy atom. The van der Waals surface area contributed by atoms with Gasteiger partial charge in [-0.25, -0.2) is 13.3 Å². The fourth-order valence-electron chi connectivity index (χ4n) is 5.05. The van der Waals surface area contributed by atoms with Crippen LogP contribution in [0.15, 0.2) is 78.9 Å². The molecule has 0 aromatic heterocycles. The zero-order valence-electron chi connectivity index (χ0n) is 23.3. The van der Waals surface area contributed by atoms with Crippen molar-refractivity contribution in [1.29, 1.82) is 0 Å². The van der Waals surface area contributed by atoms with E-state index in [9.17, 15) is 22.8 Å². The number of carbonyl (C=O) groups is 3. The molecule has 1 aliphatic rings. The summed E-state index contributed by atoms with van der Waals surface area (Å²) in [6.45, 7) is 4.18. The van der Waals surface area contributed by atoms with E-state index in [0.29, 0.717) is 34.3 Å². The molecule has 0 spiro atoms. The minimum absolute atomic E-state index is 0.0321. The van der Waals surface area contributed by atoms with Gasteiger partial charge >= 0.3 is 0 Å². The highest BCUT2D eigenvalue weighted by Crippen LogP contribution is 2.46. The number of amides is 3. The lowest BCUT2D eigenvalue weighted by atomic mass is 9.99. The Morgan fingerprint density at radius 3 is 1.79 bits per heavy atom. The Labute approximate surface area is 244 Å². The van der Waals surface area contributed by atoms with Gasteiger partial charge in [-0.15, -0.1) is 0 Å². The Bertz CT molecular complexity index is 1700. The number of carbonyl (C=O) groups excluding carboxylic acids is 3. The van der Waals surface area contributed by atoms with Crippen LogP contribution in [-0.2, 0) is 27.0 Å². The monoisotopic (exact) mass is 586 g/mol. The zero-order valence-corrected chi connectivity index (χ0v) is 24.1. The Morgan fingerprint density at radius 2 is 1.26 bits per heavy atom. The van der Waals surface area contributed by atoms with Gasteiger partial charge in [-0.1, -0.05) is 66.7 Å². The molecule has 0 bridgehead atoms. The van der Waals surface area contributed by atoms with Gasteiger partial charge in [-0.2, -0.15) is 0 Å². The minimum Gasteiger partial charge on any atom is -0.492 e. The lowest BCUT2D eigenvalue weighted by Crippen LogP contribution is -2.32. The van der Waals surface area contributed by atoms with Crippen molar-refractivity contribution in [2.45, 2.75) is 32.4 Å². The maximum absolute atomic E-state index is 13.7. The summed E-state index contributed by atoms with van der Waals surface area (Å²) < 4.78 is 39.2. The Kier molecular flexibility index (Phi) is 8.26. The van der Waals surface area contributed by atoms with E-state index in [-0.39, 0.29) is 36.4 Å². The molecule has 0 saturated carbocycles. The van der Waals surface area contributed by atoms with Crippen LogP contribution in [0.4, 0.5) is 5.69 Å². The normalized spacial score (nSPS) is 12.9. The predicted octanol–water partition coefficient (Wildman–Crippen LogP) is 5.02. The zero-order chi connectivity index (χ0) is 29.9. The molecule has 0 saturated heterocycles. The van der Waals surface area contributed by atoms with Crippen molar-refractivity contribution in [3.8, 4) is 11.5 Å². The molecular formula is C32H30N2O7S. The predicted molar refractivity (Wildman–Crippen MR) is 159 cm³/mol. The van der Waals surface area contributed by atoms with Gasteiger partial charge in [0.1, 0.15) is 11.5 Å². The third-order valence-corrected chi connectivity index (χ3v) is 8.09. The number of benzene rings is 4. The van der Waals surface area contributed by atoms with Gasteiger partial charge in [-0.3, -0.25) is 19.1 Å². The highest BCUT2D eigenvalue weighted by atomic mass is 32.2. The number of hydrogen-bond acceptors (Lipinski definition) is 7. The first-order valence-corrected chi connectivity index (χ1v) is 15.3. The lowest BCUT2D eigenvalue weighted by molar-refractivity contribution is -0.119. The molecule has 0 aliphatic carbocycles. The van der Waals surface area contributed by atoms with Gasteiger partial charge in [0.25, 0.3) is 11.8 Å². The average Bonchev–Trinajstić information content (AvgIpc) is 3.24. The molecule has 4 aromatic rings. The molecule has 0 atom stereocenters. The minimum atomic E-state index is -3.96. The van der Waals surface area contributed by atoms with E-state index >= 15 is 0 Å². The van der Waals surface area contributed by atoms with Crippen LogP contribution in [0.1, 0.15) is 52.1 Å². The maximum Gasteiger partial charge on any atom is 0.270 e. The van der Waals surface area contributed by atoms with Crippen molar-refractivity contribution < 1.29 is 32.3 Å². The summed E-state index contributed by atoms with van der Waals surface area (Å²) in [7, 11) is -3.96. The van der Waals surface area contributed by atoms with Crippen molar-refractivity contribution in [1.82, 2.24) is 4.72 Å². The Hall–Kier alpha value is -4.70. The molecule has 3 amide bonds. The number of anilines is 1. The maximum atomic E-state index is 13.7. The summed E-state index contributed by atoms with van der Waals surface area (Å²) in [5.41, 5.74) is 1.85. The lowest BCUT2D eigenvalue weighted by Gasteiger charge is -2.15. The summed E-state index contributed by atoms with van der Waals surface area (Å²) in [5.74, 6) is -1.52. The number of nitrogens with one attached hydrogen (secondary N) is 1. The van der Waals surface area contributed by atoms with Crippen molar-refractivity contribution >= 4 is 44.2 Å². The second-order valence-electron chi connectivity index (χ2n) is 9.70. The van der Waals surface area contributed by atoms with Crippen LogP contribution in [-0.4, -0.2) is 39.4 Å². The molecule has 5 rings (SSSR count). The third kappa shape index (κ3) is 5.71. The fourth-order valence-corrected chi connectivity index (χ4v) is 6.20. The van der Waals surface area contributed by atoms with Gasteiger partial charge in [0, 0.05) is 17.2 Å². The topological polar surface area (TPSA) is 119 Å². The fraction of sp³-hybridized carbons (Fsp3) is 0.219. The molecule has 1 heterocycles. The van der Waals surface area contributed by atoms with Crippen LogP contribution >= 0.6 is 0 Å². The highest BCUT2D eigenvalue weighted by molar-refractivity contribution is 7.89. The van der Waals surface area contributed by atoms with Crippen LogP contribution in [0.2, 0.25) is 0 Å². The molecule has 42 heavy (non-hydrogen) atoms. The van der Waals surface area contributed by atoms with E-state index in [1.165, 1.54) is 24.3 Å². The number of rotatable bonds is 11. The first-order chi connectivity index (χ1) is 20.2. The van der Waals surface area contributed by atoms with Gasteiger partial charge in [0.05, 0.1) is 35.8 Å². The molecule has 4 aromatic carbocycles. The molecule has 0 fully saturated rings. The van der Waals surface area contributed by atoms with E-state index in [4.69, 9.17) is 9.47 Å². The second kappa shape index (κ2) is 12.0. The standard InChI is InChI=1S/C32H30N2O7S/c1-3-40-29-24-12-8-9-13-25(24)30(41-4-2)28-27(29)31(36)34(32(28)37)23-17-14-22(15-18-23)20-42(38,39)33-26(35)19-16-21-10-6-5-7-11-21/h5-15,17-18H,3-4,16,19-20H2,1-2H3,(H,33,35). The first kappa shape index (κ1) is 28.8. The van der Waals surface area contributed by atoms with Crippen molar-refractivity contribution in [2.24, 2.45) is 0 Å². The summed E-state index contributed by atoms with van der Waals surface area (Å²) >= 11 is 0. The highest BCUT2D eigenvalue weighted by Gasteiger charge is 2.43. The second-order valence-corrected chi connectivity index (χ2v) is 11.4. The van der Waals surface area contributed by atoms with Crippen molar-refractivity contribution in [3.63, 3.8) is 0 Å². The first-order valence-electron chi connectivity index (χ1n) is 13.6. The number of aryl methyl sites for hydroxylation is 1. The molecule has 9 nitrogen and oxygen atoms in total.